The van der Waals surface area contributed by atoms with Gasteiger partial charge in [-0.3, -0.25) is 0 Å². The van der Waals surface area contributed by atoms with Crippen LogP contribution < -0.4 is 5.32 Å². The van der Waals surface area contributed by atoms with Crippen LogP contribution in [0.25, 0.3) is 0 Å². The van der Waals surface area contributed by atoms with Crippen molar-refractivity contribution < 1.29 is 18.0 Å². The molecule has 0 unspecified atom stereocenters. The van der Waals surface area contributed by atoms with E-state index >= 15 is 0 Å². The summed E-state index contributed by atoms with van der Waals surface area (Å²) in [5.74, 6) is 0. The van der Waals surface area contributed by atoms with Gasteiger partial charge in [0.05, 0.1) is 5.56 Å². The average Bonchev–Trinajstić information content (AvgIpc) is 2.28. The van der Waals surface area contributed by atoms with Gasteiger partial charge in [0.15, 0.2) is 0 Å². The zero-order chi connectivity index (χ0) is 13.8. The summed E-state index contributed by atoms with van der Waals surface area (Å²) in [5, 5.41) is 3.00. The third-order valence-corrected chi connectivity index (χ3v) is 2.56. The van der Waals surface area contributed by atoms with Gasteiger partial charge in [-0.05, 0) is 18.2 Å². The number of amides is 2. The molecule has 0 aromatic heterocycles. The zero-order valence-corrected chi connectivity index (χ0v) is 11.2. The average molecular weight is 325 g/mol. The third-order valence-electron chi connectivity index (χ3n) is 2.21. The second-order valence-electron chi connectivity index (χ2n) is 3.62. The molecule has 0 radical (unpaired) electrons. The molecule has 0 spiro atoms. The molecular formula is C11H12BrF3N2O. The highest BCUT2D eigenvalue weighted by Crippen LogP contribution is 2.30. The van der Waals surface area contributed by atoms with Crippen molar-refractivity contribution in [2.45, 2.75) is 6.18 Å². The Kier molecular flexibility index (Phi) is 5.01. The molecule has 0 fully saturated rings. The van der Waals surface area contributed by atoms with E-state index in [1.807, 2.05) is 0 Å². The molecule has 1 N–H and O–H groups in total. The predicted molar refractivity (Wildman–Crippen MR) is 66.9 cm³/mol. The molecule has 0 aliphatic carbocycles. The molecule has 18 heavy (non-hydrogen) atoms. The minimum absolute atomic E-state index is 0.122. The van der Waals surface area contributed by atoms with Gasteiger partial charge in [0.25, 0.3) is 0 Å². The molecule has 0 bridgehead atoms. The second kappa shape index (κ2) is 6.08. The van der Waals surface area contributed by atoms with E-state index in [0.717, 1.165) is 12.1 Å². The van der Waals surface area contributed by atoms with Gasteiger partial charge < -0.3 is 10.2 Å². The van der Waals surface area contributed by atoms with Crippen LogP contribution in [0.2, 0.25) is 0 Å². The van der Waals surface area contributed by atoms with E-state index in [2.05, 4.69) is 21.2 Å². The lowest BCUT2D eigenvalue weighted by Gasteiger charge is -2.17. The topological polar surface area (TPSA) is 32.3 Å². The standard InChI is InChI=1S/C11H12BrF3N2O/c1-17(6-5-12)10(18)16-9-4-2-3-8(7-9)11(13,14)15/h2-4,7H,5-6H2,1H3,(H,16,18). The molecule has 0 saturated carbocycles. The van der Waals surface area contributed by atoms with Crippen molar-refractivity contribution in [2.75, 3.05) is 24.2 Å². The molecule has 1 aromatic carbocycles. The Labute approximate surface area is 111 Å². The molecule has 0 heterocycles. The van der Waals surface area contributed by atoms with Crippen molar-refractivity contribution in [3.8, 4) is 0 Å². The monoisotopic (exact) mass is 324 g/mol. The Morgan fingerprint density at radius 1 is 1.44 bits per heavy atom. The minimum Gasteiger partial charge on any atom is -0.327 e. The maximum absolute atomic E-state index is 12.5. The first-order valence-corrected chi connectivity index (χ1v) is 6.22. The van der Waals surface area contributed by atoms with Crippen LogP contribution in [0.15, 0.2) is 24.3 Å². The quantitative estimate of drug-likeness (QED) is 0.847. The van der Waals surface area contributed by atoms with Crippen LogP contribution in [0.5, 0.6) is 0 Å². The minimum atomic E-state index is -4.41. The molecule has 0 aliphatic rings. The van der Waals surface area contributed by atoms with Gasteiger partial charge in [0.2, 0.25) is 0 Å². The number of rotatable bonds is 3. The highest BCUT2D eigenvalue weighted by atomic mass is 79.9. The maximum atomic E-state index is 12.5. The summed E-state index contributed by atoms with van der Waals surface area (Å²) in [6.07, 6.45) is -4.41. The Balaban J connectivity index is 2.77. The Morgan fingerprint density at radius 3 is 2.67 bits per heavy atom. The molecular weight excluding hydrogens is 313 g/mol. The number of hydrogen-bond acceptors (Lipinski definition) is 1. The van der Waals surface area contributed by atoms with E-state index in [-0.39, 0.29) is 5.69 Å². The van der Waals surface area contributed by atoms with E-state index in [1.54, 1.807) is 7.05 Å². The summed E-state index contributed by atoms with van der Waals surface area (Å²) in [6.45, 7) is 0.463. The summed E-state index contributed by atoms with van der Waals surface area (Å²) in [5.41, 5.74) is -0.667. The SMILES string of the molecule is CN(CCBr)C(=O)Nc1cccc(C(F)(F)F)c1. The fourth-order valence-electron chi connectivity index (χ4n) is 1.22. The van der Waals surface area contributed by atoms with Crippen LogP contribution in [0.4, 0.5) is 23.7 Å². The van der Waals surface area contributed by atoms with Crippen LogP contribution >= 0.6 is 15.9 Å². The highest BCUT2D eigenvalue weighted by Gasteiger charge is 2.30. The van der Waals surface area contributed by atoms with Gasteiger partial charge in [0, 0.05) is 24.6 Å². The summed E-state index contributed by atoms with van der Waals surface area (Å²) < 4.78 is 37.4. The molecule has 1 aromatic rings. The first-order valence-electron chi connectivity index (χ1n) is 5.10. The molecule has 3 nitrogen and oxygen atoms in total. The Morgan fingerprint density at radius 2 is 2.11 bits per heavy atom. The van der Waals surface area contributed by atoms with Crippen molar-refractivity contribution in [3.63, 3.8) is 0 Å². The first kappa shape index (κ1) is 14.8. The van der Waals surface area contributed by atoms with Crippen LogP contribution in [0, 0.1) is 0 Å². The van der Waals surface area contributed by atoms with Crippen molar-refractivity contribution in [1.82, 2.24) is 4.90 Å². The normalized spacial score (nSPS) is 11.2. The number of halogens is 4. The largest absolute Gasteiger partial charge is 0.416 e. The van der Waals surface area contributed by atoms with Gasteiger partial charge >= 0.3 is 12.2 Å². The fraction of sp³-hybridized carbons (Fsp3) is 0.364. The number of urea groups is 1. The van der Waals surface area contributed by atoms with Gasteiger partial charge in [0.1, 0.15) is 0 Å². The number of nitrogens with zero attached hydrogens (tertiary/aromatic N) is 1. The number of nitrogens with one attached hydrogen (secondary N) is 1. The third kappa shape index (κ3) is 4.21. The van der Waals surface area contributed by atoms with Gasteiger partial charge in [-0.1, -0.05) is 22.0 Å². The molecule has 0 saturated heterocycles. The molecule has 1 rings (SSSR count). The Hall–Kier alpha value is -1.24. The van der Waals surface area contributed by atoms with Crippen LogP contribution in [0.1, 0.15) is 5.56 Å². The Bertz CT molecular complexity index is 423. The maximum Gasteiger partial charge on any atom is 0.416 e. The summed E-state index contributed by atoms with van der Waals surface area (Å²) in [7, 11) is 1.56. The van der Waals surface area contributed by atoms with Crippen molar-refractivity contribution >= 4 is 27.6 Å². The number of anilines is 1. The molecule has 7 heteroatoms. The summed E-state index contributed by atoms with van der Waals surface area (Å²) in [4.78, 5) is 12.9. The molecule has 0 atom stereocenters. The number of carbonyl (C=O) groups is 1. The molecule has 0 aliphatic heterocycles. The van der Waals surface area contributed by atoms with E-state index in [1.165, 1.54) is 17.0 Å². The second-order valence-corrected chi connectivity index (χ2v) is 4.41. The van der Waals surface area contributed by atoms with Crippen molar-refractivity contribution in [1.29, 1.82) is 0 Å². The van der Waals surface area contributed by atoms with Gasteiger partial charge in [-0.15, -0.1) is 0 Å². The van der Waals surface area contributed by atoms with Crippen LogP contribution in [-0.2, 0) is 6.18 Å². The summed E-state index contributed by atoms with van der Waals surface area (Å²) in [6, 6.07) is 4.07. The number of alkyl halides is 4. The van der Waals surface area contributed by atoms with E-state index in [0.29, 0.717) is 11.9 Å². The highest BCUT2D eigenvalue weighted by molar-refractivity contribution is 9.09. The van der Waals surface area contributed by atoms with E-state index in [4.69, 9.17) is 0 Å². The van der Waals surface area contributed by atoms with Crippen LogP contribution in [-0.4, -0.2) is 29.9 Å². The predicted octanol–water partition coefficient (Wildman–Crippen LogP) is 3.56. The number of hydrogen-bond donors (Lipinski definition) is 1. The first-order chi connectivity index (χ1) is 8.34. The fourth-order valence-corrected chi connectivity index (χ4v) is 1.75. The van der Waals surface area contributed by atoms with Crippen LogP contribution in [0.3, 0.4) is 0 Å². The number of benzene rings is 1. The molecule has 2 amide bonds. The lowest BCUT2D eigenvalue weighted by Crippen LogP contribution is -2.32. The zero-order valence-electron chi connectivity index (χ0n) is 9.59. The summed E-state index contributed by atoms with van der Waals surface area (Å²) >= 11 is 3.17. The lowest BCUT2D eigenvalue weighted by atomic mass is 10.2. The lowest BCUT2D eigenvalue weighted by molar-refractivity contribution is -0.137. The number of carbonyl (C=O) groups excluding carboxylic acids is 1. The van der Waals surface area contributed by atoms with E-state index in [9.17, 15) is 18.0 Å². The van der Waals surface area contributed by atoms with Crippen molar-refractivity contribution in [2.24, 2.45) is 0 Å². The van der Waals surface area contributed by atoms with Gasteiger partial charge in [-0.2, -0.15) is 13.2 Å². The van der Waals surface area contributed by atoms with Crippen molar-refractivity contribution in [3.05, 3.63) is 29.8 Å². The smallest absolute Gasteiger partial charge is 0.327 e. The molecule has 100 valence electrons. The van der Waals surface area contributed by atoms with E-state index < -0.39 is 17.8 Å². The van der Waals surface area contributed by atoms with Gasteiger partial charge in [-0.25, -0.2) is 4.79 Å².